The van der Waals surface area contributed by atoms with Gasteiger partial charge in [-0.1, -0.05) is 176 Å². The highest BCUT2D eigenvalue weighted by molar-refractivity contribution is 5.90. The molecule has 0 N–H and O–H groups in total. The summed E-state index contributed by atoms with van der Waals surface area (Å²) in [5.74, 6) is -1.79. The fourth-order valence-electron chi connectivity index (χ4n) is 10.1. The molecule has 0 amide bonds. The first-order valence-corrected chi connectivity index (χ1v) is 25.8. The van der Waals surface area contributed by atoms with E-state index < -0.39 is 79.1 Å². The number of hydrogen-bond donors (Lipinski definition) is 0. The molecule has 3 fully saturated rings. The number of nitrogens with zero attached hydrogens (tertiary/aromatic N) is 1. The molecule has 390 valence electrons. The number of fused-ring (bicyclic) bond motifs is 1. The maximum Gasteiger partial charge on any atom is 0.338 e. The molecule has 3 saturated heterocycles. The maximum absolute atomic E-state index is 14.5. The van der Waals surface area contributed by atoms with Crippen molar-refractivity contribution in [2.45, 2.75) is 94.0 Å². The van der Waals surface area contributed by atoms with Crippen molar-refractivity contribution < 1.29 is 57.0 Å². The first-order chi connectivity index (χ1) is 37.4. The zero-order valence-corrected chi connectivity index (χ0v) is 42.0. The Labute approximate surface area is 443 Å². The molecule has 0 bridgehead atoms. The van der Waals surface area contributed by atoms with Crippen LogP contribution in [-0.4, -0.2) is 104 Å². The number of esters is 3. The summed E-state index contributed by atoms with van der Waals surface area (Å²) in [4.78, 5) is 44.8. The van der Waals surface area contributed by atoms with Crippen LogP contribution < -0.4 is 0 Å². The average Bonchev–Trinajstić information content (AvgIpc) is 3.93. The van der Waals surface area contributed by atoms with Gasteiger partial charge in [-0.3, -0.25) is 4.90 Å². The van der Waals surface area contributed by atoms with Crippen LogP contribution in [0, 0.1) is 0 Å². The predicted molar refractivity (Wildman–Crippen MR) is 282 cm³/mol. The van der Waals surface area contributed by atoms with Crippen LogP contribution in [0.3, 0.4) is 0 Å². The summed E-state index contributed by atoms with van der Waals surface area (Å²) in [6.07, 6.45) is -8.73. The van der Waals surface area contributed by atoms with Crippen LogP contribution >= 0.6 is 0 Å². The largest absolute Gasteiger partial charge is 0.457 e. The molecule has 13 nitrogen and oxygen atoms in total. The number of carbonyl (C=O) groups is 3. The molecule has 7 aromatic rings. The van der Waals surface area contributed by atoms with Gasteiger partial charge in [0.2, 0.25) is 0 Å². The second-order valence-electron chi connectivity index (χ2n) is 19.1. The SMILES string of the molecule is O=C(OC1CN2CC[C@H](OC(=O)c3ccccc3)C2C(OC(=O)c2ccccc2)C1O[C@@H]1O[C@H](COCc2ccccc2)[C@@H](OCc2ccccc2)[C@H](OCc2ccccc2)[C@H]1OCc1ccccc1)c1ccccc1. The number of ether oxygens (including phenoxy) is 9. The standard InChI is InChI=1S/C63H61NO12/c65-60(48-30-16-5-17-31-48)72-51-36-37-64-38-52(73-61(66)49-32-18-6-19-33-49)56(57(54(51)64)75-62(67)50-34-20-7-21-35-50)76-63-59(71-42-47-28-14-4-15-29-47)58(70-41-46-26-12-3-13-27-46)55(69-40-45-24-10-2-11-25-45)53(74-63)43-68-39-44-22-8-1-9-23-44/h1-35,51-59,63H,36-43H2/t51-,52?,53+,54?,55+,56?,57?,58-,59+,63-/m0/s1. The highest BCUT2D eigenvalue weighted by Gasteiger charge is 2.58. The number of carbonyl (C=O) groups excluding carboxylic acids is 3. The lowest BCUT2D eigenvalue weighted by molar-refractivity contribution is -0.349. The predicted octanol–water partition coefficient (Wildman–Crippen LogP) is 9.83. The molecular weight excluding hydrogens is 963 g/mol. The Bertz CT molecular complexity index is 2890. The van der Waals surface area contributed by atoms with E-state index in [-0.39, 0.29) is 45.1 Å². The van der Waals surface area contributed by atoms with E-state index >= 15 is 0 Å². The molecule has 7 aromatic carbocycles. The van der Waals surface area contributed by atoms with Crippen molar-refractivity contribution in [3.63, 3.8) is 0 Å². The van der Waals surface area contributed by atoms with Gasteiger partial charge in [-0.25, -0.2) is 14.4 Å². The van der Waals surface area contributed by atoms with E-state index in [0.717, 1.165) is 22.3 Å². The molecule has 0 saturated carbocycles. The van der Waals surface area contributed by atoms with Crippen molar-refractivity contribution in [3.05, 3.63) is 251 Å². The minimum Gasteiger partial charge on any atom is -0.457 e. The lowest BCUT2D eigenvalue weighted by Crippen LogP contribution is -2.68. The molecule has 3 heterocycles. The number of piperidine rings is 1. The molecule has 4 unspecified atom stereocenters. The summed E-state index contributed by atoms with van der Waals surface area (Å²) in [5.41, 5.74) is 4.67. The van der Waals surface area contributed by atoms with E-state index in [1.54, 1.807) is 72.8 Å². The molecule has 0 radical (unpaired) electrons. The third kappa shape index (κ3) is 13.4. The van der Waals surface area contributed by atoms with E-state index in [0.29, 0.717) is 24.1 Å². The zero-order valence-electron chi connectivity index (χ0n) is 42.0. The smallest absolute Gasteiger partial charge is 0.338 e. The molecule has 10 rings (SSSR count). The molecule has 76 heavy (non-hydrogen) atoms. The Morgan fingerprint density at radius 3 is 1.29 bits per heavy atom. The minimum absolute atomic E-state index is 0.0439. The molecule has 3 aliphatic heterocycles. The van der Waals surface area contributed by atoms with Gasteiger partial charge in [0.1, 0.15) is 42.7 Å². The summed E-state index contributed by atoms with van der Waals surface area (Å²) in [5, 5.41) is 0. The van der Waals surface area contributed by atoms with Gasteiger partial charge in [0.05, 0.1) is 55.8 Å². The summed E-state index contributed by atoms with van der Waals surface area (Å²) in [7, 11) is 0. The van der Waals surface area contributed by atoms with Crippen molar-refractivity contribution >= 4 is 17.9 Å². The van der Waals surface area contributed by atoms with Gasteiger partial charge in [0.25, 0.3) is 0 Å². The number of benzene rings is 7. The third-order valence-electron chi connectivity index (χ3n) is 13.9. The second kappa shape index (κ2) is 25.9. The van der Waals surface area contributed by atoms with Gasteiger partial charge in [-0.15, -0.1) is 0 Å². The van der Waals surface area contributed by atoms with E-state index in [9.17, 15) is 14.4 Å². The first-order valence-electron chi connectivity index (χ1n) is 25.8. The second-order valence-corrected chi connectivity index (χ2v) is 19.1. The number of hydrogen-bond acceptors (Lipinski definition) is 13. The van der Waals surface area contributed by atoms with E-state index in [1.165, 1.54) is 0 Å². The van der Waals surface area contributed by atoms with Crippen LogP contribution in [-0.2, 0) is 69.1 Å². The van der Waals surface area contributed by atoms with Crippen molar-refractivity contribution in [1.82, 2.24) is 4.90 Å². The lowest BCUT2D eigenvalue weighted by Gasteiger charge is -2.50. The third-order valence-corrected chi connectivity index (χ3v) is 13.9. The van der Waals surface area contributed by atoms with Crippen molar-refractivity contribution in [2.24, 2.45) is 0 Å². The maximum atomic E-state index is 14.5. The summed E-state index contributed by atoms with van der Waals surface area (Å²) in [6.45, 7) is 1.40. The van der Waals surface area contributed by atoms with Crippen LogP contribution in [0.1, 0.15) is 59.7 Å². The van der Waals surface area contributed by atoms with Gasteiger partial charge < -0.3 is 42.6 Å². The number of rotatable bonds is 21. The fraction of sp³-hybridized carbons (Fsp3) is 0.286. The Balaban J connectivity index is 1.07. The minimum atomic E-state index is -1.30. The molecule has 0 aliphatic carbocycles. The molecule has 0 aromatic heterocycles. The van der Waals surface area contributed by atoms with E-state index in [2.05, 4.69) is 0 Å². The first kappa shape index (κ1) is 52.1. The van der Waals surface area contributed by atoms with Gasteiger partial charge >= 0.3 is 17.9 Å². The van der Waals surface area contributed by atoms with Gasteiger partial charge in [-0.05, 0) is 65.1 Å². The Morgan fingerprint density at radius 1 is 0.421 bits per heavy atom. The summed E-state index contributed by atoms with van der Waals surface area (Å²) >= 11 is 0. The van der Waals surface area contributed by atoms with Crippen molar-refractivity contribution in [2.75, 3.05) is 19.7 Å². The zero-order chi connectivity index (χ0) is 51.9. The average molecular weight is 1020 g/mol. The van der Waals surface area contributed by atoms with Crippen LogP contribution in [0.5, 0.6) is 0 Å². The molecule has 0 spiro atoms. The summed E-state index contributed by atoms with van der Waals surface area (Å²) < 4.78 is 61.6. The molecule has 3 aliphatic rings. The highest BCUT2D eigenvalue weighted by Crippen LogP contribution is 2.39. The molecular formula is C63H61NO12. The van der Waals surface area contributed by atoms with Crippen LogP contribution in [0.25, 0.3) is 0 Å². The normalized spacial score (nSPS) is 24.2. The monoisotopic (exact) mass is 1020 g/mol. The van der Waals surface area contributed by atoms with Gasteiger partial charge in [-0.2, -0.15) is 0 Å². The Kier molecular flexibility index (Phi) is 17.8. The molecule has 10 atom stereocenters. The van der Waals surface area contributed by atoms with Crippen LogP contribution in [0.15, 0.2) is 212 Å². The van der Waals surface area contributed by atoms with E-state index in [4.69, 9.17) is 42.6 Å². The van der Waals surface area contributed by atoms with Gasteiger partial charge in [0.15, 0.2) is 12.4 Å². The van der Waals surface area contributed by atoms with Crippen molar-refractivity contribution in [1.29, 1.82) is 0 Å². The Hall–Kier alpha value is -7.33. The van der Waals surface area contributed by atoms with Crippen LogP contribution in [0.4, 0.5) is 0 Å². The van der Waals surface area contributed by atoms with Crippen LogP contribution in [0.2, 0.25) is 0 Å². The fourth-order valence-corrected chi connectivity index (χ4v) is 10.1. The molecule has 13 heteroatoms. The highest BCUT2D eigenvalue weighted by atomic mass is 16.7. The van der Waals surface area contributed by atoms with Gasteiger partial charge in [0, 0.05) is 13.1 Å². The topological polar surface area (TPSA) is 138 Å². The lowest BCUT2D eigenvalue weighted by atomic mass is 9.91. The van der Waals surface area contributed by atoms with Crippen molar-refractivity contribution in [3.8, 4) is 0 Å². The Morgan fingerprint density at radius 2 is 0.816 bits per heavy atom. The summed E-state index contributed by atoms with van der Waals surface area (Å²) in [6, 6.07) is 64.6. The quantitative estimate of drug-likeness (QED) is 0.0499. The van der Waals surface area contributed by atoms with E-state index in [1.807, 2.05) is 144 Å².